The van der Waals surface area contributed by atoms with Crippen molar-refractivity contribution in [3.63, 3.8) is 0 Å². The van der Waals surface area contributed by atoms with Crippen molar-refractivity contribution in [1.82, 2.24) is 9.61 Å². The highest BCUT2D eigenvalue weighted by molar-refractivity contribution is 5.79. The fraction of sp³-hybridized carbons (Fsp3) is 0. The molecule has 2 heteroatoms. The monoisotopic (exact) mass is 194 g/mol. The van der Waals surface area contributed by atoms with Crippen molar-refractivity contribution in [3.8, 4) is 11.1 Å². The Morgan fingerprint density at radius 3 is 2.53 bits per heavy atom. The summed E-state index contributed by atoms with van der Waals surface area (Å²) < 4.78 is 1.89. The smallest absolute Gasteiger partial charge is 0.0740 e. The molecule has 72 valence electrons. The molecule has 0 amide bonds. The fourth-order valence-electron chi connectivity index (χ4n) is 1.77. The van der Waals surface area contributed by atoms with Crippen molar-refractivity contribution in [2.45, 2.75) is 0 Å². The van der Waals surface area contributed by atoms with E-state index < -0.39 is 0 Å². The van der Waals surface area contributed by atoms with Gasteiger partial charge in [-0.15, -0.1) is 0 Å². The van der Waals surface area contributed by atoms with Crippen molar-refractivity contribution >= 4 is 5.52 Å². The van der Waals surface area contributed by atoms with Gasteiger partial charge in [-0.25, -0.2) is 4.52 Å². The van der Waals surface area contributed by atoms with Gasteiger partial charge in [0.05, 0.1) is 11.7 Å². The Hall–Kier alpha value is -2.09. The van der Waals surface area contributed by atoms with E-state index in [2.05, 4.69) is 23.3 Å². The van der Waals surface area contributed by atoms with Crippen LogP contribution in [0, 0.1) is 0 Å². The Morgan fingerprint density at radius 2 is 1.67 bits per heavy atom. The first kappa shape index (κ1) is 8.24. The number of hydrogen-bond donors (Lipinski definition) is 0. The molecular formula is C13H10N2. The normalized spacial score (nSPS) is 10.7. The SMILES string of the molecule is c1ccc(-c2cnn3ccccc23)cc1. The maximum Gasteiger partial charge on any atom is 0.0740 e. The van der Waals surface area contributed by atoms with Crippen LogP contribution in [0.5, 0.6) is 0 Å². The highest BCUT2D eigenvalue weighted by atomic mass is 15.2. The fourth-order valence-corrected chi connectivity index (χ4v) is 1.77. The summed E-state index contributed by atoms with van der Waals surface area (Å²) in [5.41, 5.74) is 3.53. The van der Waals surface area contributed by atoms with E-state index in [1.54, 1.807) is 0 Å². The summed E-state index contributed by atoms with van der Waals surface area (Å²) in [6, 6.07) is 16.4. The summed E-state index contributed by atoms with van der Waals surface area (Å²) >= 11 is 0. The molecule has 2 nitrogen and oxygen atoms in total. The molecule has 0 saturated carbocycles. The van der Waals surface area contributed by atoms with Gasteiger partial charge in [0.15, 0.2) is 0 Å². The van der Waals surface area contributed by atoms with Crippen LogP contribution in [0.1, 0.15) is 0 Å². The molecule has 0 aliphatic heterocycles. The minimum Gasteiger partial charge on any atom is -0.240 e. The van der Waals surface area contributed by atoms with Crippen LogP contribution in [0.15, 0.2) is 60.9 Å². The minimum atomic E-state index is 1.14. The van der Waals surface area contributed by atoms with E-state index in [1.807, 2.05) is 47.2 Å². The lowest BCUT2D eigenvalue weighted by molar-refractivity contribution is 0.961. The van der Waals surface area contributed by atoms with Crippen LogP contribution in [-0.4, -0.2) is 9.61 Å². The van der Waals surface area contributed by atoms with Crippen LogP contribution in [0.4, 0.5) is 0 Å². The maximum atomic E-state index is 4.31. The van der Waals surface area contributed by atoms with Gasteiger partial charge >= 0.3 is 0 Å². The molecule has 0 fully saturated rings. The molecule has 0 atom stereocenters. The molecule has 0 spiro atoms. The molecule has 0 unspecified atom stereocenters. The zero-order valence-corrected chi connectivity index (χ0v) is 8.17. The van der Waals surface area contributed by atoms with E-state index in [9.17, 15) is 0 Å². The van der Waals surface area contributed by atoms with Crippen LogP contribution in [0.25, 0.3) is 16.6 Å². The second-order valence-corrected chi connectivity index (χ2v) is 3.45. The van der Waals surface area contributed by atoms with Gasteiger partial charge in [0, 0.05) is 11.8 Å². The summed E-state index contributed by atoms with van der Waals surface area (Å²) in [4.78, 5) is 0. The Labute approximate surface area is 87.8 Å². The van der Waals surface area contributed by atoms with E-state index in [4.69, 9.17) is 0 Å². The predicted octanol–water partition coefficient (Wildman–Crippen LogP) is 3.00. The predicted molar refractivity (Wildman–Crippen MR) is 60.6 cm³/mol. The number of rotatable bonds is 1. The Bertz CT molecular complexity index is 582. The number of benzene rings is 1. The quantitative estimate of drug-likeness (QED) is 0.582. The Morgan fingerprint density at radius 1 is 0.867 bits per heavy atom. The zero-order valence-electron chi connectivity index (χ0n) is 8.17. The van der Waals surface area contributed by atoms with Crippen LogP contribution in [0.2, 0.25) is 0 Å². The number of pyridine rings is 1. The number of fused-ring (bicyclic) bond motifs is 1. The van der Waals surface area contributed by atoms with Gasteiger partial charge in [0.1, 0.15) is 0 Å². The van der Waals surface area contributed by atoms with Crippen LogP contribution in [-0.2, 0) is 0 Å². The molecule has 15 heavy (non-hydrogen) atoms. The standard InChI is InChI=1S/C13H10N2/c1-2-6-11(7-3-1)12-10-14-15-9-5-4-8-13(12)15/h1-10H. The highest BCUT2D eigenvalue weighted by Crippen LogP contribution is 2.23. The molecule has 3 aromatic rings. The highest BCUT2D eigenvalue weighted by Gasteiger charge is 2.03. The van der Waals surface area contributed by atoms with Gasteiger partial charge in [-0.3, -0.25) is 0 Å². The Kier molecular flexibility index (Phi) is 1.78. The van der Waals surface area contributed by atoms with Gasteiger partial charge in [-0.05, 0) is 17.7 Å². The van der Waals surface area contributed by atoms with Gasteiger partial charge in [-0.1, -0.05) is 36.4 Å². The molecule has 0 bridgehead atoms. The van der Waals surface area contributed by atoms with Gasteiger partial charge in [0.2, 0.25) is 0 Å². The molecule has 1 aromatic carbocycles. The molecule has 0 N–H and O–H groups in total. The average molecular weight is 194 g/mol. The first-order valence-electron chi connectivity index (χ1n) is 4.93. The molecule has 0 radical (unpaired) electrons. The van der Waals surface area contributed by atoms with Crippen LogP contribution in [0.3, 0.4) is 0 Å². The largest absolute Gasteiger partial charge is 0.240 e. The number of aromatic nitrogens is 2. The molecule has 0 aliphatic carbocycles. The first-order valence-corrected chi connectivity index (χ1v) is 4.93. The summed E-state index contributed by atoms with van der Waals surface area (Å²) in [7, 11) is 0. The third kappa shape index (κ3) is 1.31. The van der Waals surface area contributed by atoms with Crippen LogP contribution < -0.4 is 0 Å². The van der Waals surface area contributed by atoms with Crippen molar-refractivity contribution < 1.29 is 0 Å². The van der Waals surface area contributed by atoms with E-state index in [0.717, 1.165) is 5.52 Å². The molecule has 0 saturated heterocycles. The first-order chi connectivity index (χ1) is 7.45. The summed E-state index contributed by atoms with van der Waals surface area (Å²) in [5.74, 6) is 0. The molecule has 0 aliphatic rings. The van der Waals surface area contributed by atoms with Crippen molar-refractivity contribution in [2.24, 2.45) is 0 Å². The average Bonchev–Trinajstić information content (AvgIpc) is 2.74. The Balaban J connectivity index is 2.28. The summed E-state index contributed by atoms with van der Waals surface area (Å²) in [6.07, 6.45) is 3.87. The van der Waals surface area contributed by atoms with E-state index >= 15 is 0 Å². The molecule has 2 heterocycles. The van der Waals surface area contributed by atoms with Crippen molar-refractivity contribution in [1.29, 1.82) is 0 Å². The minimum absolute atomic E-state index is 1.14. The van der Waals surface area contributed by atoms with Crippen molar-refractivity contribution in [2.75, 3.05) is 0 Å². The van der Waals surface area contributed by atoms with Gasteiger partial charge < -0.3 is 0 Å². The summed E-state index contributed by atoms with van der Waals surface area (Å²) in [6.45, 7) is 0. The number of nitrogens with zero attached hydrogens (tertiary/aromatic N) is 2. The lowest BCUT2D eigenvalue weighted by Gasteiger charge is -1.97. The molecule has 3 rings (SSSR count). The third-order valence-corrected chi connectivity index (χ3v) is 2.51. The van der Waals surface area contributed by atoms with E-state index in [0.29, 0.717) is 0 Å². The third-order valence-electron chi connectivity index (χ3n) is 2.51. The van der Waals surface area contributed by atoms with Crippen molar-refractivity contribution in [3.05, 3.63) is 60.9 Å². The summed E-state index contributed by atoms with van der Waals surface area (Å²) in [5, 5.41) is 4.31. The molecular weight excluding hydrogens is 184 g/mol. The lowest BCUT2D eigenvalue weighted by atomic mass is 10.1. The maximum absolute atomic E-state index is 4.31. The van der Waals surface area contributed by atoms with E-state index in [-0.39, 0.29) is 0 Å². The zero-order chi connectivity index (χ0) is 10.1. The second-order valence-electron chi connectivity index (χ2n) is 3.45. The second kappa shape index (κ2) is 3.24. The lowest BCUT2D eigenvalue weighted by Crippen LogP contribution is -1.83. The van der Waals surface area contributed by atoms with E-state index in [1.165, 1.54) is 11.1 Å². The molecule has 2 aromatic heterocycles. The number of hydrogen-bond acceptors (Lipinski definition) is 1. The van der Waals surface area contributed by atoms with Gasteiger partial charge in [0.25, 0.3) is 0 Å². The van der Waals surface area contributed by atoms with Crippen LogP contribution >= 0.6 is 0 Å². The topological polar surface area (TPSA) is 17.3 Å². The van der Waals surface area contributed by atoms with Gasteiger partial charge in [-0.2, -0.15) is 5.10 Å².